The van der Waals surface area contributed by atoms with Crippen molar-refractivity contribution in [2.75, 3.05) is 5.32 Å². The highest BCUT2D eigenvalue weighted by atomic mass is 32.1. The van der Waals surface area contributed by atoms with Crippen LogP contribution in [0.1, 0.15) is 27.7 Å². The standard InChI is InChI=1S/C16H17N5OS/c1-10-5-6-11(2)14(8-10)17-16(22)13(15-18-20-21-19-15)9-12-4-3-7-23-12/h3-8,13H,9H2,1-2H3,(H,17,22)(H,18,19,20,21). The number of carbonyl (C=O) groups excluding carboxylic acids is 1. The van der Waals surface area contributed by atoms with E-state index in [1.54, 1.807) is 11.3 Å². The predicted molar refractivity (Wildman–Crippen MR) is 89.5 cm³/mol. The van der Waals surface area contributed by atoms with Crippen LogP contribution in [-0.2, 0) is 11.2 Å². The fourth-order valence-electron chi connectivity index (χ4n) is 2.34. The van der Waals surface area contributed by atoms with Gasteiger partial charge in [-0.2, -0.15) is 5.21 Å². The van der Waals surface area contributed by atoms with E-state index in [1.165, 1.54) is 0 Å². The summed E-state index contributed by atoms with van der Waals surface area (Å²) in [6, 6.07) is 9.95. The smallest absolute Gasteiger partial charge is 0.235 e. The lowest BCUT2D eigenvalue weighted by Gasteiger charge is -2.15. The zero-order valence-electron chi connectivity index (χ0n) is 12.9. The van der Waals surface area contributed by atoms with E-state index in [1.807, 2.05) is 49.6 Å². The number of amides is 1. The fraction of sp³-hybridized carbons (Fsp3) is 0.250. The van der Waals surface area contributed by atoms with Crippen LogP contribution in [-0.4, -0.2) is 26.5 Å². The minimum absolute atomic E-state index is 0.131. The van der Waals surface area contributed by atoms with Gasteiger partial charge in [-0.05, 0) is 42.5 Å². The molecular weight excluding hydrogens is 310 g/mol. The highest BCUT2D eigenvalue weighted by Crippen LogP contribution is 2.24. The van der Waals surface area contributed by atoms with E-state index in [9.17, 15) is 4.79 Å². The Morgan fingerprint density at radius 2 is 2.22 bits per heavy atom. The molecule has 0 aliphatic carbocycles. The van der Waals surface area contributed by atoms with Gasteiger partial charge in [0.25, 0.3) is 0 Å². The molecule has 0 aliphatic heterocycles. The van der Waals surface area contributed by atoms with Crippen LogP contribution in [0.3, 0.4) is 0 Å². The third-order valence-electron chi connectivity index (χ3n) is 3.63. The second kappa shape index (κ2) is 6.70. The van der Waals surface area contributed by atoms with Gasteiger partial charge in [0, 0.05) is 17.0 Å². The monoisotopic (exact) mass is 327 g/mol. The number of tetrazole rings is 1. The van der Waals surface area contributed by atoms with Crippen molar-refractivity contribution >= 4 is 22.9 Å². The molecule has 23 heavy (non-hydrogen) atoms. The first kappa shape index (κ1) is 15.4. The Labute approximate surface area is 137 Å². The van der Waals surface area contributed by atoms with E-state index in [0.717, 1.165) is 21.7 Å². The van der Waals surface area contributed by atoms with Crippen LogP contribution in [0.4, 0.5) is 5.69 Å². The summed E-state index contributed by atoms with van der Waals surface area (Å²) in [6.07, 6.45) is 0.550. The van der Waals surface area contributed by atoms with E-state index in [2.05, 4.69) is 25.9 Å². The Morgan fingerprint density at radius 1 is 1.35 bits per heavy atom. The summed E-state index contributed by atoms with van der Waals surface area (Å²) in [5.74, 6) is -0.206. The Hall–Kier alpha value is -2.54. The Kier molecular flexibility index (Phi) is 4.47. The predicted octanol–water partition coefficient (Wildman–Crippen LogP) is 2.84. The van der Waals surface area contributed by atoms with E-state index < -0.39 is 5.92 Å². The van der Waals surface area contributed by atoms with Gasteiger partial charge in [0.1, 0.15) is 5.92 Å². The highest BCUT2D eigenvalue weighted by molar-refractivity contribution is 7.09. The maximum atomic E-state index is 12.8. The first-order valence-corrected chi connectivity index (χ1v) is 8.15. The average Bonchev–Trinajstić information content (AvgIpc) is 3.21. The first-order valence-electron chi connectivity index (χ1n) is 7.27. The number of carbonyl (C=O) groups is 1. The van der Waals surface area contributed by atoms with E-state index in [0.29, 0.717) is 12.2 Å². The first-order chi connectivity index (χ1) is 11.1. The summed E-state index contributed by atoms with van der Waals surface area (Å²) >= 11 is 1.61. The Bertz CT molecular complexity index is 783. The molecular formula is C16H17N5OS. The van der Waals surface area contributed by atoms with Gasteiger partial charge in [-0.15, -0.1) is 21.5 Å². The molecule has 2 aromatic heterocycles. The minimum Gasteiger partial charge on any atom is -0.325 e. The lowest BCUT2D eigenvalue weighted by atomic mass is 10.0. The summed E-state index contributed by atoms with van der Waals surface area (Å²) in [6.45, 7) is 3.97. The number of H-pyrrole nitrogens is 1. The van der Waals surface area contributed by atoms with E-state index in [-0.39, 0.29) is 5.91 Å². The molecule has 118 valence electrons. The molecule has 1 aromatic carbocycles. The number of benzene rings is 1. The van der Waals surface area contributed by atoms with Crippen molar-refractivity contribution in [1.82, 2.24) is 20.6 Å². The van der Waals surface area contributed by atoms with Gasteiger partial charge < -0.3 is 5.32 Å². The number of thiophene rings is 1. The topological polar surface area (TPSA) is 83.6 Å². The third-order valence-corrected chi connectivity index (χ3v) is 4.52. The lowest BCUT2D eigenvalue weighted by molar-refractivity contribution is -0.117. The maximum Gasteiger partial charge on any atom is 0.235 e. The zero-order chi connectivity index (χ0) is 16.2. The molecule has 3 aromatic rings. The van der Waals surface area contributed by atoms with Gasteiger partial charge in [0.2, 0.25) is 5.91 Å². The average molecular weight is 327 g/mol. The number of rotatable bonds is 5. The van der Waals surface area contributed by atoms with E-state index >= 15 is 0 Å². The van der Waals surface area contributed by atoms with Crippen molar-refractivity contribution in [2.45, 2.75) is 26.2 Å². The summed E-state index contributed by atoms with van der Waals surface area (Å²) < 4.78 is 0. The fourth-order valence-corrected chi connectivity index (χ4v) is 3.09. The molecule has 1 unspecified atom stereocenters. The van der Waals surface area contributed by atoms with Gasteiger partial charge in [-0.1, -0.05) is 23.4 Å². The maximum absolute atomic E-state index is 12.8. The number of aromatic nitrogens is 4. The normalized spacial score (nSPS) is 12.1. The van der Waals surface area contributed by atoms with Crippen LogP contribution in [0.15, 0.2) is 35.7 Å². The van der Waals surface area contributed by atoms with Gasteiger partial charge in [0.15, 0.2) is 5.82 Å². The molecule has 0 spiro atoms. The summed E-state index contributed by atoms with van der Waals surface area (Å²) in [5, 5.41) is 19.0. The zero-order valence-corrected chi connectivity index (χ0v) is 13.7. The molecule has 3 rings (SSSR count). The number of nitrogens with zero attached hydrogens (tertiary/aromatic N) is 3. The lowest BCUT2D eigenvalue weighted by Crippen LogP contribution is -2.24. The number of aryl methyl sites for hydroxylation is 2. The quantitative estimate of drug-likeness (QED) is 0.755. The molecule has 6 nitrogen and oxygen atoms in total. The molecule has 7 heteroatoms. The highest BCUT2D eigenvalue weighted by Gasteiger charge is 2.26. The molecule has 0 radical (unpaired) electrons. The van der Waals surface area contributed by atoms with Crippen LogP contribution in [0.25, 0.3) is 0 Å². The number of anilines is 1. The second-order valence-electron chi connectivity index (χ2n) is 5.41. The van der Waals surface area contributed by atoms with Crippen LogP contribution in [0.5, 0.6) is 0 Å². The SMILES string of the molecule is Cc1ccc(C)c(NC(=O)C(Cc2cccs2)c2nn[nH]n2)c1. The van der Waals surface area contributed by atoms with Crippen molar-refractivity contribution in [3.63, 3.8) is 0 Å². The molecule has 0 aliphatic rings. The van der Waals surface area contributed by atoms with Gasteiger partial charge in [0.05, 0.1) is 0 Å². The molecule has 1 amide bonds. The Morgan fingerprint density at radius 3 is 2.91 bits per heavy atom. The molecule has 2 N–H and O–H groups in total. The van der Waals surface area contributed by atoms with Crippen molar-refractivity contribution in [3.05, 3.63) is 57.5 Å². The van der Waals surface area contributed by atoms with Crippen LogP contribution < -0.4 is 5.32 Å². The third kappa shape index (κ3) is 3.62. The molecule has 0 saturated heterocycles. The Balaban J connectivity index is 1.84. The number of hydrogen-bond donors (Lipinski definition) is 2. The second-order valence-corrected chi connectivity index (χ2v) is 6.45. The number of aromatic amines is 1. The van der Waals surface area contributed by atoms with Gasteiger partial charge >= 0.3 is 0 Å². The van der Waals surface area contributed by atoms with Gasteiger partial charge in [-0.25, -0.2) is 0 Å². The molecule has 0 saturated carbocycles. The van der Waals surface area contributed by atoms with Crippen molar-refractivity contribution in [3.8, 4) is 0 Å². The van der Waals surface area contributed by atoms with E-state index in [4.69, 9.17) is 0 Å². The van der Waals surface area contributed by atoms with Crippen molar-refractivity contribution in [2.24, 2.45) is 0 Å². The van der Waals surface area contributed by atoms with Gasteiger partial charge in [-0.3, -0.25) is 4.79 Å². The van der Waals surface area contributed by atoms with Crippen molar-refractivity contribution in [1.29, 1.82) is 0 Å². The molecule has 1 atom stereocenters. The van der Waals surface area contributed by atoms with Crippen molar-refractivity contribution < 1.29 is 4.79 Å². The van der Waals surface area contributed by atoms with Crippen LogP contribution >= 0.6 is 11.3 Å². The van der Waals surface area contributed by atoms with Crippen LogP contribution in [0, 0.1) is 13.8 Å². The number of nitrogens with one attached hydrogen (secondary N) is 2. The summed E-state index contributed by atoms with van der Waals surface area (Å²) in [7, 11) is 0. The molecule has 0 bridgehead atoms. The summed E-state index contributed by atoms with van der Waals surface area (Å²) in [5.41, 5.74) is 2.93. The molecule has 2 heterocycles. The largest absolute Gasteiger partial charge is 0.325 e. The molecule has 0 fully saturated rings. The number of hydrogen-bond acceptors (Lipinski definition) is 5. The summed E-state index contributed by atoms with van der Waals surface area (Å²) in [4.78, 5) is 13.9. The van der Waals surface area contributed by atoms with Crippen LogP contribution in [0.2, 0.25) is 0 Å². The minimum atomic E-state index is -0.479.